The second-order valence-corrected chi connectivity index (χ2v) is 6.41. The molecule has 0 atom stereocenters. The van der Waals surface area contributed by atoms with Gasteiger partial charge in [0.25, 0.3) is 5.69 Å². The molecule has 3 aromatic rings. The zero-order valence-corrected chi connectivity index (χ0v) is 16.4. The summed E-state index contributed by atoms with van der Waals surface area (Å²) in [5, 5.41) is 10.6. The summed E-state index contributed by atoms with van der Waals surface area (Å²) >= 11 is 0. The molecular formula is C23H19NO7. The summed E-state index contributed by atoms with van der Waals surface area (Å²) < 4.78 is 15.6. The van der Waals surface area contributed by atoms with Gasteiger partial charge in [-0.05, 0) is 42.0 Å². The maximum atomic E-state index is 12.1. The van der Waals surface area contributed by atoms with E-state index in [9.17, 15) is 19.7 Å². The lowest BCUT2D eigenvalue weighted by Gasteiger charge is -2.08. The Bertz CT molecular complexity index is 1030. The summed E-state index contributed by atoms with van der Waals surface area (Å²) in [4.78, 5) is 34.1. The molecule has 3 rings (SSSR count). The zero-order valence-electron chi connectivity index (χ0n) is 16.4. The minimum atomic E-state index is -0.656. The highest BCUT2D eigenvalue weighted by molar-refractivity contribution is 5.89. The third-order valence-electron chi connectivity index (χ3n) is 4.19. The van der Waals surface area contributed by atoms with E-state index in [1.807, 2.05) is 30.3 Å². The van der Waals surface area contributed by atoms with E-state index in [2.05, 4.69) is 0 Å². The van der Waals surface area contributed by atoms with Crippen LogP contribution in [0.2, 0.25) is 0 Å². The molecule has 0 N–H and O–H groups in total. The van der Waals surface area contributed by atoms with Gasteiger partial charge in [-0.25, -0.2) is 9.59 Å². The van der Waals surface area contributed by atoms with Crippen LogP contribution in [0.25, 0.3) is 0 Å². The molecule has 158 valence electrons. The molecule has 0 heterocycles. The van der Waals surface area contributed by atoms with Gasteiger partial charge in [0.15, 0.2) is 6.61 Å². The van der Waals surface area contributed by atoms with Crippen molar-refractivity contribution in [2.24, 2.45) is 0 Å². The number of benzene rings is 3. The van der Waals surface area contributed by atoms with Crippen molar-refractivity contribution in [3.05, 3.63) is 100 Å². The van der Waals surface area contributed by atoms with Crippen LogP contribution in [0, 0.1) is 10.1 Å². The van der Waals surface area contributed by atoms with Crippen molar-refractivity contribution in [1.29, 1.82) is 0 Å². The number of nitro benzene ring substituents is 1. The third-order valence-corrected chi connectivity index (χ3v) is 4.19. The molecule has 0 aliphatic rings. The van der Waals surface area contributed by atoms with Crippen LogP contribution in [0.5, 0.6) is 11.5 Å². The first-order valence-electron chi connectivity index (χ1n) is 9.40. The Kier molecular flexibility index (Phi) is 7.31. The van der Waals surface area contributed by atoms with Crippen molar-refractivity contribution in [3.8, 4) is 11.5 Å². The SMILES string of the molecule is O=C(COc1ccc([N+](=O)[O-])cc1)Oc1ccc(C(=O)OCCc2ccccc2)cc1. The number of non-ortho nitro benzene ring substituents is 1. The predicted molar refractivity (Wildman–Crippen MR) is 111 cm³/mol. The van der Waals surface area contributed by atoms with Gasteiger partial charge in [-0.1, -0.05) is 30.3 Å². The van der Waals surface area contributed by atoms with Gasteiger partial charge in [0.2, 0.25) is 0 Å². The lowest BCUT2D eigenvalue weighted by molar-refractivity contribution is -0.384. The maximum Gasteiger partial charge on any atom is 0.349 e. The standard InChI is InChI=1S/C23H19NO7/c25-22(16-30-20-12-8-19(9-13-20)24(27)28)31-21-10-6-18(7-11-21)23(26)29-15-14-17-4-2-1-3-5-17/h1-13H,14-16H2. The predicted octanol–water partition coefficient (Wildman–Crippen LogP) is 3.98. The fraction of sp³-hybridized carbons (Fsp3) is 0.130. The molecule has 0 aliphatic carbocycles. The summed E-state index contributed by atoms with van der Waals surface area (Å²) in [6, 6.07) is 21.0. The molecule has 0 radical (unpaired) electrons. The topological polar surface area (TPSA) is 105 Å². The third kappa shape index (κ3) is 6.67. The molecule has 0 aromatic heterocycles. The molecule has 3 aromatic carbocycles. The van der Waals surface area contributed by atoms with Crippen LogP contribution in [-0.2, 0) is 16.0 Å². The van der Waals surface area contributed by atoms with Crippen LogP contribution >= 0.6 is 0 Å². The Morgan fingerprint density at radius 1 is 0.839 bits per heavy atom. The first-order chi connectivity index (χ1) is 15.0. The maximum absolute atomic E-state index is 12.1. The fourth-order valence-electron chi connectivity index (χ4n) is 2.62. The van der Waals surface area contributed by atoms with Gasteiger partial charge < -0.3 is 14.2 Å². The van der Waals surface area contributed by atoms with E-state index in [-0.39, 0.29) is 24.7 Å². The van der Waals surface area contributed by atoms with Gasteiger partial charge in [0, 0.05) is 18.6 Å². The molecule has 0 bridgehead atoms. The summed E-state index contributed by atoms with van der Waals surface area (Å²) in [7, 11) is 0. The van der Waals surface area contributed by atoms with Gasteiger partial charge in [-0.3, -0.25) is 10.1 Å². The average molecular weight is 421 g/mol. The number of carbonyl (C=O) groups is 2. The summed E-state index contributed by atoms with van der Waals surface area (Å²) in [5.74, 6) is -0.568. The highest BCUT2D eigenvalue weighted by Gasteiger charge is 2.11. The number of hydrogen-bond donors (Lipinski definition) is 0. The van der Waals surface area contributed by atoms with Gasteiger partial charge >= 0.3 is 11.9 Å². The van der Waals surface area contributed by atoms with Crippen LogP contribution < -0.4 is 9.47 Å². The lowest BCUT2D eigenvalue weighted by Crippen LogP contribution is -2.17. The van der Waals surface area contributed by atoms with E-state index in [1.165, 1.54) is 48.5 Å². The molecular weight excluding hydrogens is 402 g/mol. The Morgan fingerprint density at radius 3 is 2.13 bits per heavy atom. The van der Waals surface area contributed by atoms with Gasteiger partial charge in [-0.15, -0.1) is 0 Å². The highest BCUT2D eigenvalue weighted by atomic mass is 16.6. The molecule has 0 saturated heterocycles. The summed E-state index contributed by atoms with van der Waals surface area (Å²) in [5.41, 5.74) is 1.34. The minimum absolute atomic E-state index is 0.0754. The fourth-order valence-corrected chi connectivity index (χ4v) is 2.62. The number of rotatable bonds is 9. The molecule has 0 spiro atoms. The smallest absolute Gasteiger partial charge is 0.349 e. The normalized spacial score (nSPS) is 10.2. The second kappa shape index (κ2) is 10.5. The van der Waals surface area contributed by atoms with Crippen LogP contribution in [-0.4, -0.2) is 30.1 Å². The summed E-state index contributed by atoms with van der Waals surface area (Å²) in [6.45, 7) is -0.110. The molecule has 0 unspecified atom stereocenters. The van der Waals surface area contributed by atoms with Crippen molar-refractivity contribution in [1.82, 2.24) is 0 Å². The average Bonchev–Trinajstić information content (AvgIpc) is 2.79. The molecule has 0 aliphatic heterocycles. The number of ether oxygens (including phenoxy) is 3. The molecule has 8 heteroatoms. The van der Waals surface area contributed by atoms with Crippen LogP contribution in [0.15, 0.2) is 78.9 Å². The van der Waals surface area contributed by atoms with E-state index in [0.717, 1.165) is 5.56 Å². The number of carbonyl (C=O) groups excluding carboxylic acids is 2. The lowest BCUT2D eigenvalue weighted by atomic mass is 10.2. The van der Waals surface area contributed by atoms with E-state index >= 15 is 0 Å². The molecule has 0 fully saturated rings. The molecule has 0 amide bonds. The van der Waals surface area contributed by atoms with E-state index < -0.39 is 16.9 Å². The summed E-state index contributed by atoms with van der Waals surface area (Å²) in [6.07, 6.45) is 0.622. The van der Waals surface area contributed by atoms with Crippen molar-refractivity contribution >= 4 is 17.6 Å². The van der Waals surface area contributed by atoms with Crippen LogP contribution in [0.1, 0.15) is 15.9 Å². The number of nitrogens with zero attached hydrogens (tertiary/aromatic N) is 1. The van der Waals surface area contributed by atoms with Gasteiger partial charge in [-0.2, -0.15) is 0 Å². The van der Waals surface area contributed by atoms with Crippen LogP contribution in [0.4, 0.5) is 5.69 Å². The second-order valence-electron chi connectivity index (χ2n) is 6.41. The Morgan fingerprint density at radius 2 is 1.48 bits per heavy atom. The van der Waals surface area contributed by atoms with Crippen molar-refractivity contribution in [3.63, 3.8) is 0 Å². The van der Waals surface area contributed by atoms with E-state index in [4.69, 9.17) is 14.2 Å². The largest absolute Gasteiger partial charge is 0.482 e. The van der Waals surface area contributed by atoms with Crippen molar-refractivity contribution < 1.29 is 28.7 Å². The highest BCUT2D eigenvalue weighted by Crippen LogP contribution is 2.18. The molecule has 0 saturated carbocycles. The first kappa shape index (κ1) is 21.5. The molecule has 31 heavy (non-hydrogen) atoms. The Balaban J connectivity index is 1.43. The van der Waals surface area contributed by atoms with Crippen molar-refractivity contribution in [2.45, 2.75) is 6.42 Å². The van der Waals surface area contributed by atoms with Gasteiger partial charge in [0.1, 0.15) is 11.5 Å². The Hall–Kier alpha value is -4.20. The van der Waals surface area contributed by atoms with Gasteiger partial charge in [0.05, 0.1) is 17.1 Å². The minimum Gasteiger partial charge on any atom is -0.482 e. The number of nitro groups is 1. The monoisotopic (exact) mass is 421 g/mol. The van der Waals surface area contributed by atoms with Crippen LogP contribution in [0.3, 0.4) is 0 Å². The number of hydrogen-bond acceptors (Lipinski definition) is 7. The first-order valence-corrected chi connectivity index (χ1v) is 9.40. The zero-order chi connectivity index (χ0) is 22.1. The number of esters is 2. The van der Waals surface area contributed by atoms with Crippen molar-refractivity contribution in [2.75, 3.05) is 13.2 Å². The molecule has 8 nitrogen and oxygen atoms in total. The quantitative estimate of drug-likeness (QED) is 0.223. The Labute approximate surface area is 178 Å². The van der Waals surface area contributed by atoms with E-state index in [0.29, 0.717) is 17.7 Å². The van der Waals surface area contributed by atoms with E-state index in [1.54, 1.807) is 0 Å².